The van der Waals surface area contributed by atoms with Crippen molar-refractivity contribution in [2.75, 3.05) is 0 Å². The summed E-state index contributed by atoms with van der Waals surface area (Å²) in [4.78, 5) is -1.37. The van der Waals surface area contributed by atoms with Gasteiger partial charge in [0.05, 0.1) is 0 Å². The summed E-state index contributed by atoms with van der Waals surface area (Å²) in [6.45, 7) is 11.3. The van der Waals surface area contributed by atoms with Gasteiger partial charge in [-0.2, -0.15) is 0 Å². The molecule has 1 rings (SSSR count). The Morgan fingerprint density at radius 3 is 1.09 bits per heavy atom. The van der Waals surface area contributed by atoms with Crippen LogP contribution in [0.1, 0.15) is 119 Å². The van der Waals surface area contributed by atoms with Gasteiger partial charge in [0.1, 0.15) is 0 Å². The summed E-state index contributed by atoms with van der Waals surface area (Å²) in [7, 11) is -7.14. The molecular weight excluding hydrogens is 989 g/mol. The van der Waals surface area contributed by atoms with Gasteiger partial charge in [-0.15, -0.1) is 0 Å². The maximum atomic E-state index is 16.0. The van der Waals surface area contributed by atoms with Gasteiger partial charge in [0.15, 0.2) is 0 Å². The van der Waals surface area contributed by atoms with E-state index in [2.05, 4.69) is 0 Å². The summed E-state index contributed by atoms with van der Waals surface area (Å²) in [6.07, 6.45) is -0.0348. The Labute approximate surface area is 318 Å². The summed E-state index contributed by atoms with van der Waals surface area (Å²) in [5.74, 6) is -32.2. The standard InChI is InChI=1S/C10HF13O2S2.6C4H9.2Sn/c11-5(12,7(15,16)9(19,20)21)6(13,14)8(17,18)10(22,23)27(24,25)4-1-2-26-3-4;6*1-3-4-2;;/h1H;6*1,3-4H2,2H3;;. The van der Waals surface area contributed by atoms with Crippen molar-refractivity contribution in [2.24, 2.45) is 0 Å². The molecule has 0 spiro atoms. The SMILES string of the molecule is CCC[CH2][Sn]([CH2]CCC)([CH2]CCC)[c]1cc(S(=O)(=O)C(F)(F)C(F)(F)C(F)(F)C(F)(F)C(F)(F)C(F)(F)F)[c]([Sn]([CH2]CCC)([CH2]CCC)[CH2]CCC)s1. The second-order valence-corrected chi connectivity index (χ2v) is 45.5. The van der Waals surface area contributed by atoms with Crippen molar-refractivity contribution in [3.8, 4) is 0 Å². The number of sulfone groups is 1. The van der Waals surface area contributed by atoms with E-state index in [1.165, 1.54) is 0 Å². The van der Waals surface area contributed by atoms with Crippen LogP contribution in [0.15, 0.2) is 11.0 Å². The number of hydrogen-bond acceptors (Lipinski definition) is 3. The van der Waals surface area contributed by atoms with E-state index in [1.54, 1.807) is 0 Å². The number of alkyl halides is 13. The Hall–Kier alpha value is 0.337. The molecule has 0 fully saturated rings. The van der Waals surface area contributed by atoms with Crippen molar-refractivity contribution in [2.45, 2.75) is 185 Å². The Kier molecular flexibility index (Phi) is 19.2. The van der Waals surface area contributed by atoms with Crippen molar-refractivity contribution in [3.05, 3.63) is 6.07 Å². The molecule has 0 unspecified atom stereocenters. The van der Waals surface area contributed by atoms with Crippen LogP contribution in [0.3, 0.4) is 0 Å². The summed E-state index contributed by atoms with van der Waals surface area (Å²) < 4.78 is 218. The Balaban J connectivity index is 4.52. The zero-order valence-electron chi connectivity index (χ0n) is 31.4. The molecule has 0 atom stereocenters. The molecule has 0 N–H and O–H groups in total. The van der Waals surface area contributed by atoms with Crippen LogP contribution in [0, 0.1) is 0 Å². The Morgan fingerprint density at radius 1 is 0.491 bits per heavy atom. The first kappa shape index (κ1) is 51.4. The molecule has 0 amide bonds. The van der Waals surface area contributed by atoms with Gasteiger partial charge in [0, 0.05) is 0 Å². The number of halogens is 13. The van der Waals surface area contributed by atoms with Gasteiger partial charge in [-0.1, -0.05) is 0 Å². The van der Waals surface area contributed by atoms with E-state index in [4.69, 9.17) is 0 Å². The molecule has 19 heteroatoms. The van der Waals surface area contributed by atoms with Gasteiger partial charge in [-0.05, 0) is 0 Å². The molecule has 0 aliphatic rings. The van der Waals surface area contributed by atoms with Crippen molar-refractivity contribution in [1.82, 2.24) is 0 Å². The van der Waals surface area contributed by atoms with Crippen LogP contribution < -0.4 is 5.79 Å². The van der Waals surface area contributed by atoms with E-state index in [0.717, 1.165) is 36.7 Å². The second-order valence-electron chi connectivity index (χ2n) is 14.3. The predicted molar refractivity (Wildman–Crippen MR) is 191 cm³/mol. The predicted octanol–water partition coefficient (Wildman–Crippen LogP) is 13.3. The zero-order valence-corrected chi connectivity index (χ0v) is 38.7. The van der Waals surface area contributed by atoms with Gasteiger partial charge < -0.3 is 0 Å². The molecule has 314 valence electrons. The van der Waals surface area contributed by atoms with Crippen molar-refractivity contribution >= 4 is 63.7 Å². The van der Waals surface area contributed by atoms with Crippen LogP contribution in [0.5, 0.6) is 0 Å². The van der Waals surface area contributed by atoms with Gasteiger partial charge in [0.25, 0.3) is 0 Å². The molecule has 1 aromatic rings. The normalized spacial score (nSPS) is 14.7. The molecule has 0 aromatic carbocycles. The van der Waals surface area contributed by atoms with Crippen LogP contribution in [0.25, 0.3) is 0 Å². The number of hydrogen-bond donors (Lipinski definition) is 0. The molecule has 53 heavy (non-hydrogen) atoms. The average Bonchev–Trinajstić information content (AvgIpc) is 3.55. The second kappa shape index (κ2) is 19.9. The zero-order chi connectivity index (χ0) is 41.4. The summed E-state index contributed by atoms with van der Waals surface area (Å²) in [5.41, 5.74) is 0. The molecule has 0 radical (unpaired) electrons. The number of unbranched alkanes of at least 4 members (excludes halogenated alkanes) is 6. The van der Waals surface area contributed by atoms with Gasteiger partial charge in [-0.25, -0.2) is 0 Å². The van der Waals surface area contributed by atoms with Gasteiger partial charge in [0.2, 0.25) is 0 Å². The molecule has 1 heterocycles. The summed E-state index contributed by atoms with van der Waals surface area (Å²) >= 11 is -7.28. The van der Waals surface area contributed by atoms with Gasteiger partial charge >= 0.3 is 321 Å². The van der Waals surface area contributed by atoms with E-state index in [1.807, 2.05) is 41.5 Å². The van der Waals surface area contributed by atoms with Crippen molar-refractivity contribution < 1.29 is 65.5 Å². The van der Waals surface area contributed by atoms with E-state index >= 15 is 17.6 Å². The molecule has 0 aliphatic carbocycles. The van der Waals surface area contributed by atoms with E-state index in [0.29, 0.717) is 87.3 Å². The van der Waals surface area contributed by atoms with E-state index in [-0.39, 0.29) is 2.89 Å². The van der Waals surface area contributed by atoms with Crippen LogP contribution >= 0.6 is 11.3 Å². The first-order chi connectivity index (χ1) is 24.2. The molecule has 0 saturated carbocycles. The van der Waals surface area contributed by atoms with Gasteiger partial charge in [-0.3, -0.25) is 0 Å². The molecule has 2 nitrogen and oxygen atoms in total. The van der Waals surface area contributed by atoms with Crippen LogP contribution in [0.2, 0.25) is 26.6 Å². The third-order valence-corrected chi connectivity index (χ3v) is 50.4. The minimum absolute atomic E-state index is 0.0820. The third kappa shape index (κ3) is 10.1. The maximum absolute atomic E-state index is 16.0. The molecule has 0 bridgehead atoms. The van der Waals surface area contributed by atoms with Crippen LogP contribution in [0.4, 0.5) is 57.1 Å². The quantitative estimate of drug-likeness (QED) is 0.0684. The molecule has 0 aliphatic heterocycles. The van der Waals surface area contributed by atoms with Crippen molar-refractivity contribution in [3.63, 3.8) is 0 Å². The monoisotopic (exact) mass is 1050 g/mol. The summed E-state index contributed by atoms with van der Waals surface area (Å²) in [6, 6.07) is 0.881. The minimum atomic E-state index is -8.19. The first-order valence-corrected chi connectivity index (χ1v) is 35.8. The Morgan fingerprint density at radius 2 is 0.792 bits per heavy atom. The topological polar surface area (TPSA) is 34.1 Å². The van der Waals surface area contributed by atoms with Crippen molar-refractivity contribution in [1.29, 1.82) is 0 Å². The Bertz CT molecular complexity index is 1340. The number of rotatable bonds is 26. The summed E-state index contributed by atoms with van der Waals surface area (Å²) in [5, 5.41) is -7.23. The first-order valence-electron chi connectivity index (χ1n) is 18.5. The molecule has 1 aromatic heterocycles. The fourth-order valence-corrected chi connectivity index (χ4v) is 53.6. The molecule has 0 saturated heterocycles. The average molecular weight is 1040 g/mol. The van der Waals surface area contributed by atoms with E-state index in [9.17, 15) is 47.9 Å². The third-order valence-electron chi connectivity index (χ3n) is 10.3. The van der Waals surface area contributed by atoms with E-state index < -0.39 is 86.6 Å². The van der Waals surface area contributed by atoms with Crippen LogP contribution in [-0.4, -0.2) is 80.3 Å². The molecular formula is C34H55F13O2S2Sn2. The fourth-order valence-electron chi connectivity index (χ4n) is 6.82. The van der Waals surface area contributed by atoms with Crippen LogP contribution in [-0.2, 0) is 9.84 Å². The number of thiophene rings is 1. The fraction of sp³-hybridized carbons (Fsp3) is 0.882.